The van der Waals surface area contributed by atoms with Crippen LogP contribution in [0.5, 0.6) is 0 Å². The largest absolute Gasteiger partial charge is 0.438 e. The maximum atomic E-state index is 12.4. The van der Waals surface area contributed by atoms with Gasteiger partial charge in [0.1, 0.15) is 0 Å². The SMILES string of the molecule is CN1CCC(N2CCC(NC(=O)c3ocnc3C3CC3)CC2)C1=O. The van der Waals surface area contributed by atoms with Crippen molar-refractivity contribution in [1.82, 2.24) is 20.1 Å². The van der Waals surface area contributed by atoms with Crippen LogP contribution in [0, 0.1) is 0 Å². The summed E-state index contributed by atoms with van der Waals surface area (Å²) >= 11 is 0. The molecule has 4 rings (SSSR count). The van der Waals surface area contributed by atoms with Crippen molar-refractivity contribution < 1.29 is 14.0 Å². The molecule has 1 saturated carbocycles. The van der Waals surface area contributed by atoms with Gasteiger partial charge in [-0.3, -0.25) is 14.5 Å². The molecule has 130 valence electrons. The minimum Gasteiger partial charge on any atom is -0.438 e. The Labute approximate surface area is 141 Å². The van der Waals surface area contributed by atoms with E-state index in [2.05, 4.69) is 15.2 Å². The Balaban J connectivity index is 1.31. The number of likely N-dealkylation sites (tertiary alicyclic amines) is 2. The molecule has 7 nitrogen and oxygen atoms in total. The van der Waals surface area contributed by atoms with E-state index in [4.69, 9.17) is 4.42 Å². The fourth-order valence-corrected chi connectivity index (χ4v) is 3.82. The average Bonchev–Trinajstić information content (AvgIpc) is 3.22. The maximum absolute atomic E-state index is 12.4. The number of amides is 2. The number of carbonyl (C=O) groups is 2. The first-order valence-electron chi connectivity index (χ1n) is 8.86. The Kier molecular flexibility index (Phi) is 4.04. The molecule has 2 amide bonds. The monoisotopic (exact) mass is 332 g/mol. The van der Waals surface area contributed by atoms with Gasteiger partial charge in [-0.2, -0.15) is 0 Å². The van der Waals surface area contributed by atoms with Gasteiger partial charge in [-0.25, -0.2) is 4.98 Å². The number of aromatic nitrogens is 1. The molecule has 3 fully saturated rings. The second-order valence-electron chi connectivity index (χ2n) is 7.19. The van der Waals surface area contributed by atoms with E-state index in [0.29, 0.717) is 11.7 Å². The van der Waals surface area contributed by atoms with Gasteiger partial charge in [0.2, 0.25) is 11.7 Å². The highest BCUT2D eigenvalue weighted by molar-refractivity contribution is 5.93. The first-order valence-corrected chi connectivity index (χ1v) is 8.86. The summed E-state index contributed by atoms with van der Waals surface area (Å²) in [5.41, 5.74) is 0.810. The van der Waals surface area contributed by atoms with Crippen molar-refractivity contribution in [3.8, 4) is 0 Å². The predicted octanol–water partition coefficient (Wildman–Crippen LogP) is 0.977. The Morgan fingerprint density at radius 2 is 1.96 bits per heavy atom. The quantitative estimate of drug-likeness (QED) is 0.889. The normalized spacial score (nSPS) is 26.1. The molecule has 0 spiro atoms. The molecule has 0 aromatic carbocycles. The van der Waals surface area contributed by atoms with Crippen molar-refractivity contribution in [3.05, 3.63) is 17.8 Å². The van der Waals surface area contributed by atoms with Crippen LogP contribution >= 0.6 is 0 Å². The fraction of sp³-hybridized carbons (Fsp3) is 0.706. The van der Waals surface area contributed by atoms with Crippen LogP contribution in [0.3, 0.4) is 0 Å². The molecule has 3 heterocycles. The van der Waals surface area contributed by atoms with Crippen molar-refractivity contribution >= 4 is 11.8 Å². The summed E-state index contributed by atoms with van der Waals surface area (Å²) in [5.74, 6) is 0.863. The van der Waals surface area contributed by atoms with Gasteiger partial charge in [-0.15, -0.1) is 0 Å². The van der Waals surface area contributed by atoms with Gasteiger partial charge in [0.05, 0.1) is 11.7 Å². The highest BCUT2D eigenvalue weighted by Gasteiger charge is 2.37. The van der Waals surface area contributed by atoms with Crippen molar-refractivity contribution in [2.24, 2.45) is 0 Å². The van der Waals surface area contributed by atoms with E-state index in [1.165, 1.54) is 6.39 Å². The molecule has 24 heavy (non-hydrogen) atoms. The molecular formula is C17H24N4O3. The minimum atomic E-state index is -0.149. The first-order chi connectivity index (χ1) is 11.6. The summed E-state index contributed by atoms with van der Waals surface area (Å²) in [6.07, 6.45) is 6.20. The highest BCUT2D eigenvalue weighted by Crippen LogP contribution is 2.40. The molecule has 1 unspecified atom stereocenters. The van der Waals surface area contributed by atoms with Gasteiger partial charge < -0.3 is 14.6 Å². The highest BCUT2D eigenvalue weighted by atomic mass is 16.3. The number of nitrogens with one attached hydrogen (secondary N) is 1. The number of rotatable bonds is 4. The zero-order chi connectivity index (χ0) is 16.7. The van der Waals surface area contributed by atoms with E-state index in [9.17, 15) is 9.59 Å². The molecule has 1 atom stereocenters. The van der Waals surface area contributed by atoms with Gasteiger partial charge in [-0.05, 0) is 32.1 Å². The van der Waals surface area contributed by atoms with E-state index in [1.54, 1.807) is 0 Å². The lowest BCUT2D eigenvalue weighted by Crippen LogP contribution is -2.50. The van der Waals surface area contributed by atoms with Crippen molar-refractivity contribution in [2.75, 3.05) is 26.7 Å². The zero-order valence-corrected chi connectivity index (χ0v) is 14.0. The lowest BCUT2D eigenvalue weighted by atomic mass is 10.0. The molecular weight excluding hydrogens is 308 g/mol. The van der Waals surface area contributed by atoms with Crippen molar-refractivity contribution in [2.45, 2.75) is 50.1 Å². The Morgan fingerprint density at radius 3 is 2.58 bits per heavy atom. The second-order valence-corrected chi connectivity index (χ2v) is 7.19. The van der Waals surface area contributed by atoms with Crippen LogP contribution in [0.2, 0.25) is 0 Å². The van der Waals surface area contributed by atoms with E-state index in [-0.39, 0.29) is 23.9 Å². The van der Waals surface area contributed by atoms with Gasteiger partial charge in [0, 0.05) is 38.6 Å². The predicted molar refractivity (Wildman–Crippen MR) is 86.6 cm³/mol. The molecule has 1 aliphatic carbocycles. The van der Waals surface area contributed by atoms with Crippen LogP contribution in [0.1, 0.15) is 54.3 Å². The van der Waals surface area contributed by atoms with E-state index in [1.807, 2.05) is 11.9 Å². The van der Waals surface area contributed by atoms with Crippen molar-refractivity contribution in [1.29, 1.82) is 0 Å². The van der Waals surface area contributed by atoms with E-state index in [0.717, 1.165) is 57.4 Å². The topological polar surface area (TPSA) is 78.7 Å². The third-order valence-electron chi connectivity index (χ3n) is 5.47. The Bertz CT molecular complexity index is 632. The number of piperidine rings is 1. The summed E-state index contributed by atoms with van der Waals surface area (Å²) in [7, 11) is 1.87. The molecule has 1 N–H and O–H groups in total. The molecule has 0 bridgehead atoms. The minimum absolute atomic E-state index is 0.0300. The maximum Gasteiger partial charge on any atom is 0.289 e. The summed E-state index contributed by atoms with van der Waals surface area (Å²) in [6, 6.07) is 0.169. The lowest BCUT2D eigenvalue weighted by Gasteiger charge is -2.35. The van der Waals surface area contributed by atoms with Crippen LogP contribution in [0.25, 0.3) is 0 Å². The van der Waals surface area contributed by atoms with Crippen LogP contribution in [-0.2, 0) is 4.79 Å². The Hall–Kier alpha value is -1.89. The van der Waals surface area contributed by atoms with Gasteiger partial charge in [0.15, 0.2) is 6.39 Å². The number of hydrogen-bond acceptors (Lipinski definition) is 5. The summed E-state index contributed by atoms with van der Waals surface area (Å²) in [4.78, 5) is 32.8. The van der Waals surface area contributed by atoms with Crippen LogP contribution < -0.4 is 5.32 Å². The molecule has 1 aromatic rings. The van der Waals surface area contributed by atoms with E-state index < -0.39 is 0 Å². The number of nitrogens with zero attached hydrogens (tertiary/aromatic N) is 3. The number of likely N-dealkylation sites (N-methyl/N-ethyl adjacent to an activating group) is 1. The van der Waals surface area contributed by atoms with Gasteiger partial charge >= 0.3 is 0 Å². The smallest absolute Gasteiger partial charge is 0.289 e. The van der Waals surface area contributed by atoms with Gasteiger partial charge in [0.25, 0.3) is 5.91 Å². The fourth-order valence-electron chi connectivity index (χ4n) is 3.82. The third kappa shape index (κ3) is 2.92. The molecule has 3 aliphatic rings. The summed E-state index contributed by atoms with van der Waals surface area (Å²) in [5, 5.41) is 3.08. The first kappa shape index (κ1) is 15.6. The number of oxazole rings is 1. The summed E-state index contributed by atoms with van der Waals surface area (Å²) in [6.45, 7) is 2.54. The van der Waals surface area contributed by atoms with Gasteiger partial charge in [-0.1, -0.05) is 0 Å². The molecule has 0 radical (unpaired) electrons. The third-order valence-corrected chi connectivity index (χ3v) is 5.47. The lowest BCUT2D eigenvalue weighted by molar-refractivity contribution is -0.131. The molecule has 2 aliphatic heterocycles. The van der Waals surface area contributed by atoms with Crippen molar-refractivity contribution in [3.63, 3.8) is 0 Å². The van der Waals surface area contributed by atoms with Crippen LogP contribution in [-0.4, -0.2) is 65.4 Å². The number of hydrogen-bond donors (Lipinski definition) is 1. The Morgan fingerprint density at radius 1 is 1.21 bits per heavy atom. The van der Waals surface area contributed by atoms with E-state index >= 15 is 0 Å². The number of carbonyl (C=O) groups excluding carboxylic acids is 2. The molecule has 2 saturated heterocycles. The van der Waals surface area contributed by atoms with Crippen LogP contribution in [0.15, 0.2) is 10.8 Å². The molecule has 1 aromatic heterocycles. The standard InChI is InChI=1S/C17H24N4O3/c1-20-7-6-13(17(20)23)21-8-4-12(5-9-21)19-16(22)15-14(11-2-3-11)18-10-24-15/h10-13H,2-9H2,1H3,(H,19,22). The van der Waals surface area contributed by atoms with Crippen LogP contribution in [0.4, 0.5) is 0 Å². The average molecular weight is 332 g/mol. The second kappa shape index (κ2) is 6.20. The summed E-state index contributed by atoms with van der Waals surface area (Å²) < 4.78 is 5.31. The zero-order valence-electron chi connectivity index (χ0n) is 14.0. The molecule has 7 heteroatoms.